The Kier molecular flexibility index (Phi) is 4.29. The molecule has 0 aliphatic heterocycles. The van der Waals surface area contributed by atoms with Gasteiger partial charge in [0.15, 0.2) is 0 Å². The van der Waals surface area contributed by atoms with Gasteiger partial charge in [-0.05, 0) is 52.9 Å². The molecule has 28 heavy (non-hydrogen) atoms. The van der Waals surface area contributed by atoms with E-state index < -0.39 is 0 Å². The van der Waals surface area contributed by atoms with E-state index in [-0.39, 0.29) is 11.5 Å². The fraction of sp³-hybridized carbons (Fsp3) is 0.125. The van der Waals surface area contributed by atoms with Gasteiger partial charge in [0.1, 0.15) is 0 Å². The van der Waals surface area contributed by atoms with E-state index in [2.05, 4.69) is 86.8 Å². The monoisotopic (exact) mass is 430 g/mol. The zero-order valence-electron chi connectivity index (χ0n) is 15.2. The van der Waals surface area contributed by atoms with Crippen LogP contribution in [0.2, 0.25) is 0 Å². The molecule has 138 valence electrons. The quantitative estimate of drug-likeness (QED) is 0.425. The molecule has 1 aliphatic carbocycles. The van der Waals surface area contributed by atoms with Crippen LogP contribution >= 0.6 is 15.9 Å². The average Bonchev–Trinajstić information content (AvgIpc) is 3.09. The van der Waals surface area contributed by atoms with E-state index in [0.29, 0.717) is 0 Å². The maximum atomic E-state index is 12.4. The zero-order chi connectivity index (χ0) is 19.1. The van der Waals surface area contributed by atoms with Crippen LogP contribution in [-0.4, -0.2) is 10.2 Å². The minimum absolute atomic E-state index is 0.0241. The van der Waals surface area contributed by atoms with Crippen LogP contribution in [0.4, 0.5) is 0 Å². The lowest BCUT2D eigenvalue weighted by atomic mass is 9.80. The molecule has 0 radical (unpaired) electrons. The molecule has 1 atom stereocenters. The molecule has 0 saturated carbocycles. The third kappa shape index (κ3) is 3.14. The van der Waals surface area contributed by atoms with E-state index in [9.17, 15) is 4.79 Å². The lowest BCUT2D eigenvalue weighted by Crippen LogP contribution is -2.17. The molecular weight excluding hydrogens is 412 g/mol. The molecule has 1 heterocycles. The van der Waals surface area contributed by atoms with Crippen LogP contribution in [0, 0.1) is 0 Å². The Labute approximate surface area is 171 Å². The molecular formula is C24H19BrN2O. The van der Waals surface area contributed by atoms with Crippen molar-refractivity contribution >= 4 is 32.8 Å². The van der Waals surface area contributed by atoms with Gasteiger partial charge >= 0.3 is 0 Å². The average molecular weight is 431 g/mol. The second kappa shape index (κ2) is 6.95. The first-order chi connectivity index (χ1) is 13.7. The summed E-state index contributed by atoms with van der Waals surface area (Å²) in [5.74, 6) is 0.0681. The number of H-pyrrole nitrogens is 2. The topological polar surface area (TPSA) is 48.6 Å². The van der Waals surface area contributed by atoms with Gasteiger partial charge in [0.05, 0.1) is 11.3 Å². The Morgan fingerprint density at radius 1 is 0.929 bits per heavy atom. The molecule has 3 nitrogen and oxygen atoms in total. The lowest BCUT2D eigenvalue weighted by Gasteiger charge is -2.23. The number of rotatable bonds is 3. The van der Waals surface area contributed by atoms with E-state index in [1.165, 1.54) is 27.5 Å². The number of aromatic nitrogens is 2. The fourth-order valence-electron chi connectivity index (χ4n) is 4.18. The van der Waals surface area contributed by atoms with Gasteiger partial charge in [-0.1, -0.05) is 76.1 Å². The predicted octanol–water partition coefficient (Wildman–Crippen LogP) is 5.78. The van der Waals surface area contributed by atoms with Crippen molar-refractivity contribution in [1.82, 2.24) is 10.2 Å². The number of hydrogen-bond donors (Lipinski definition) is 2. The second-order valence-electron chi connectivity index (χ2n) is 7.38. The van der Waals surface area contributed by atoms with Crippen LogP contribution in [0.15, 0.2) is 81.6 Å². The van der Waals surface area contributed by atoms with Crippen molar-refractivity contribution < 1.29 is 0 Å². The Bertz CT molecular complexity index is 1250. The predicted molar refractivity (Wildman–Crippen MR) is 118 cm³/mol. The SMILES string of the molecule is O=c1[nH][nH]c2c1C(c1ccc(Br)cc1)CC(Cc1ccc3ccccc3c1)=C2. The summed E-state index contributed by atoms with van der Waals surface area (Å²) in [5.41, 5.74) is 5.50. The third-order valence-electron chi connectivity index (χ3n) is 5.53. The highest BCUT2D eigenvalue weighted by molar-refractivity contribution is 9.10. The minimum atomic E-state index is -0.0241. The number of halogens is 1. The molecule has 3 aromatic carbocycles. The van der Waals surface area contributed by atoms with Crippen molar-refractivity contribution in [3.8, 4) is 0 Å². The van der Waals surface area contributed by atoms with Crippen LogP contribution in [0.3, 0.4) is 0 Å². The van der Waals surface area contributed by atoms with Crippen LogP contribution < -0.4 is 5.56 Å². The summed E-state index contributed by atoms with van der Waals surface area (Å²) in [5, 5.41) is 8.34. The Morgan fingerprint density at radius 2 is 1.71 bits per heavy atom. The van der Waals surface area contributed by atoms with Gasteiger partial charge in [0.2, 0.25) is 0 Å². The maximum Gasteiger partial charge on any atom is 0.268 e. The molecule has 0 spiro atoms. The molecule has 1 aliphatic rings. The number of nitrogens with one attached hydrogen (secondary N) is 2. The molecule has 0 fully saturated rings. The van der Waals surface area contributed by atoms with Gasteiger partial charge in [-0.15, -0.1) is 0 Å². The van der Waals surface area contributed by atoms with Crippen molar-refractivity contribution in [2.24, 2.45) is 0 Å². The molecule has 4 heteroatoms. The van der Waals surface area contributed by atoms with Gasteiger partial charge in [-0.2, -0.15) is 0 Å². The molecule has 1 unspecified atom stereocenters. The Hall–Kier alpha value is -2.85. The van der Waals surface area contributed by atoms with Gasteiger partial charge in [0, 0.05) is 10.4 Å². The highest BCUT2D eigenvalue weighted by Crippen LogP contribution is 2.37. The van der Waals surface area contributed by atoms with Gasteiger partial charge in [-0.3, -0.25) is 15.0 Å². The Balaban J connectivity index is 1.52. The summed E-state index contributed by atoms with van der Waals surface area (Å²) in [4.78, 5) is 12.4. The minimum Gasteiger partial charge on any atom is -0.298 e. The Morgan fingerprint density at radius 3 is 2.54 bits per heavy atom. The maximum absolute atomic E-state index is 12.4. The molecule has 1 aromatic heterocycles. The summed E-state index contributed by atoms with van der Waals surface area (Å²) in [6, 6.07) is 23.4. The molecule has 2 N–H and O–H groups in total. The first-order valence-electron chi connectivity index (χ1n) is 9.40. The third-order valence-corrected chi connectivity index (χ3v) is 6.05. The normalized spacial score (nSPS) is 16.0. The van der Waals surface area contributed by atoms with Crippen LogP contribution in [-0.2, 0) is 6.42 Å². The van der Waals surface area contributed by atoms with Crippen molar-refractivity contribution in [2.45, 2.75) is 18.8 Å². The molecule has 4 aromatic rings. The largest absolute Gasteiger partial charge is 0.298 e. The van der Waals surface area contributed by atoms with E-state index in [1.807, 2.05) is 12.1 Å². The summed E-state index contributed by atoms with van der Waals surface area (Å²) in [6.45, 7) is 0. The van der Waals surface area contributed by atoms with Crippen molar-refractivity contribution in [3.63, 3.8) is 0 Å². The number of fused-ring (bicyclic) bond motifs is 2. The summed E-state index contributed by atoms with van der Waals surface area (Å²) in [6.07, 6.45) is 3.87. The first kappa shape index (κ1) is 17.3. The van der Waals surface area contributed by atoms with Crippen LogP contribution in [0.5, 0.6) is 0 Å². The molecule has 0 saturated heterocycles. The highest BCUT2D eigenvalue weighted by atomic mass is 79.9. The van der Waals surface area contributed by atoms with Gasteiger partial charge in [0.25, 0.3) is 5.56 Å². The van der Waals surface area contributed by atoms with Crippen molar-refractivity contribution in [3.05, 3.63) is 110 Å². The highest BCUT2D eigenvalue weighted by Gasteiger charge is 2.27. The lowest BCUT2D eigenvalue weighted by molar-refractivity contribution is 0.762. The van der Waals surface area contributed by atoms with Crippen molar-refractivity contribution in [2.75, 3.05) is 0 Å². The number of benzene rings is 3. The van der Waals surface area contributed by atoms with E-state index >= 15 is 0 Å². The molecule has 0 bridgehead atoms. The second-order valence-corrected chi connectivity index (χ2v) is 8.29. The van der Waals surface area contributed by atoms with E-state index in [1.54, 1.807) is 0 Å². The molecule has 0 amide bonds. The smallest absolute Gasteiger partial charge is 0.268 e. The summed E-state index contributed by atoms with van der Waals surface area (Å²) in [7, 11) is 0. The fourth-order valence-corrected chi connectivity index (χ4v) is 4.45. The standard InChI is InChI=1S/C24H19BrN2O/c25-20-9-7-18(8-10-20)21-13-16(14-22-23(21)24(28)27-26-22)11-15-5-6-17-3-1-2-4-19(17)12-15/h1-10,12,14,21H,11,13H2,(H2,26,27,28). The summed E-state index contributed by atoms with van der Waals surface area (Å²) >= 11 is 3.50. The van der Waals surface area contributed by atoms with Crippen LogP contribution in [0.25, 0.3) is 16.8 Å². The van der Waals surface area contributed by atoms with E-state index in [0.717, 1.165) is 28.6 Å². The first-order valence-corrected chi connectivity index (χ1v) is 10.2. The number of aromatic amines is 2. The molecule has 5 rings (SSSR count). The van der Waals surface area contributed by atoms with Gasteiger partial charge < -0.3 is 0 Å². The van der Waals surface area contributed by atoms with Gasteiger partial charge in [-0.25, -0.2) is 0 Å². The number of hydrogen-bond acceptors (Lipinski definition) is 1. The van der Waals surface area contributed by atoms with E-state index in [4.69, 9.17) is 0 Å². The van der Waals surface area contributed by atoms with Crippen LogP contribution in [0.1, 0.15) is 34.7 Å². The van der Waals surface area contributed by atoms with Crippen molar-refractivity contribution in [1.29, 1.82) is 0 Å². The summed E-state index contributed by atoms with van der Waals surface area (Å²) < 4.78 is 1.04. The number of allylic oxidation sites excluding steroid dienone is 1. The zero-order valence-corrected chi connectivity index (χ0v) is 16.8.